The van der Waals surface area contributed by atoms with Crippen molar-refractivity contribution in [3.8, 4) is 17.2 Å². The minimum atomic E-state index is -4.87. The Bertz CT molecular complexity index is 1220. The number of amides is 3. The maximum Gasteiger partial charge on any atom is 0.573 e. The zero-order valence-electron chi connectivity index (χ0n) is 17.8. The van der Waals surface area contributed by atoms with E-state index in [1.54, 1.807) is 12.1 Å². The molecule has 0 aliphatic rings. The van der Waals surface area contributed by atoms with Crippen LogP contribution in [-0.4, -0.2) is 29.1 Å². The number of hydrazine groups is 1. The third kappa shape index (κ3) is 8.01. The maximum absolute atomic E-state index is 12.3. The molecule has 35 heavy (non-hydrogen) atoms. The molecule has 0 bridgehead atoms. The third-order valence-electron chi connectivity index (χ3n) is 4.14. The number of hydrogen-bond donors (Lipinski definition) is 4. The van der Waals surface area contributed by atoms with Crippen LogP contribution in [0, 0.1) is 0 Å². The Morgan fingerprint density at radius 2 is 1.54 bits per heavy atom. The van der Waals surface area contributed by atoms with Crippen LogP contribution in [0.2, 0.25) is 0 Å². The van der Waals surface area contributed by atoms with Crippen LogP contribution in [0.3, 0.4) is 0 Å². The van der Waals surface area contributed by atoms with Gasteiger partial charge in [-0.25, -0.2) is 5.84 Å². The number of anilines is 2. The Labute approximate surface area is 196 Å². The molecule has 0 unspecified atom stereocenters. The van der Waals surface area contributed by atoms with Crippen molar-refractivity contribution in [1.82, 2.24) is 10.4 Å². The summed E-state index contributed by atoms with van der Waals surface area (Å²) in [5.74, 6) is 3.33. The van der Waals surface area contributed by atoms with Gasteiger partial charge in [0.2, 0.25) is 11.8 Å². The number of nitrogen functional groups attached to an aromatic ring is 1. The number of nitrogens with zero attached hydrogens (tertiary/aromatic N) is 1. The van der Waals surface area contributed by atoms with E-state index < -0.39 is 36.3 Å². The molecule has 13 heteroatoms. The summed E-state index contributed by atoms with van der Waals surface area (Å²) in [7, 11) is 0. The van der Waals surface area contributed by atoms with E-state index in [0.717, 1.165) is 12.1 Å². The van der Waals surface area contributed by atoms with Gasteiger partial charge >= 0.3 is 6.36 Å². The van der Waals surface area contributed by atoms with Gasteiger partial charge in [0.1, 0.15) is 29.4 Å². The molecule has 0 spiro atoms. The first-order chi connectivity index (χ1) is 16.6. The standard InChI is InChI=1S/C22H18F3N5O5/c23-22(24,25)35-17-3-1-2-14(10-17)29-20(32)12-19(31)28-13-4-6-15(7-5-13)34-16-8-9-27-18(11-16)21(33)30-26/h1-11H,12,26H2,(H,28,31)(H,29,32)(H,30,33). The monoisotopic (exact) mass is 489 g/mol. The van der Waals surface area contributed by atoms with E-state index in [9.17, 15) is 27.6 Å². The fourth-order valence-corrected chi connectivity index (χ4v) is 2.74. The zero-order chi connectivity index (χ0) is 25.4. The maximum atomic E-state index is 12.3. The van der Waals surface area contributed by atoms with Crippen molar-refractivity contribution >= 4 is 29.1 Å². The molecular weight excluding hydrogens is 471 g/mol. The van der Waals surface area contributed by atoms with Gasteiger partial charge in [0.15, 0.2) is 0 Å². The lowest BCUT2D eigenvalue weighted by molar-refractivity contribution is -0.274. The first-order valence-electron chi connectivity index (χ1n) is 9.82. The number of rotatable bonds is 8. The van der Waals surface area contributed by atoms with Crippen LogP contribution in [0.1, 0.15) is 16.9 Å². The summed E-state index contributed by atoms with van der Waals surface area (Å²) >= 11 is 0. The van der Waals surface area contributed by atoms with Gasteiger partial charge in [-0.15, -0.1) is 13.2 Å². The van der Waals surface area contributed by atoms with Crippen LogP contribution < -0.4 is 31.4 Å². The Kier molecular flexibility index (Phi) is 7.84. The average molecular weight is 489 g/mol. The number of benzene rings is 2. The molecule has 3 rings (SSSR count). The fraction of sp³-hybridized carbons (Fsp3) is 0.0909. The summed E-state index contributed by atoms with van der Waals surface area (Å²) in [5.41, 5.74) is 2.43. The Morgan fingerprint density at radius 3 is 2.20 bits per heavy atom. The number of aromatic nitrogens is 1. The highest BCUT2D eigenvalue weighted by Gasteiger charge is 2.31. The largest absolute Gasteiger partial charge is 0.573 e. The number of pyridine rings is 1. The smallest absolute Gasteiger partial charge is 0.457 e. The minimum absolute atomic E-state index is 0.0364. The molecule has 182 valence electrons. The van der Waals surface area contributed by atoms with Crippen molar-refractivity contribution in [3.05, 3.63) is 72.6 Å². The number of carbonyl (C=O) groups excluding carboxylic acids is 3. The van der Waals surface area contributed by atoms with E-state index in [2.05, 4.69) is 20.4 Å². The number of alkyl halides is 3. The Hall–Kier alpha value is -4.65. The second kappa shape index (κ2) is 11.0. The molecule has 0 aliphatic heterocycles. The van der Waals surface area contributed by atoms with Crippen LogP contribution in [0.4, 0.5) is 24.5 Å². The van der Waals surface area contributed by atoms with Gasteiger partial charge in [-0.2, -0.15) is 0 Å². The van der Waals surface area contributed by atoms with E-state index in [0.29, 0.717) is 17.2 Å². The van der Waals surface area contributed by atoms with Crippen molar-refractivity contribution in [1.29, 1.82) is 0 Å². The normalized spacial score (nSPS) is 10.7. The van der Waals surface area contributed by atoms with E-state index in [4.69, 9.17) is 10.6 Å². The van der Waals surface area contributed by atoms with E-state index in [1.807, 2.05) is 5.43 Å². The number of hydrogen-bond acceptors (Lipinski definition) is 7. The van der Waals surface area contributed by atoms with Gasteiger partial charge in [0, 0.05) is 29.7 Å². The second-order valence-electron chi connectivity index (χ2n) is 6.83. The van der Waals surface area contributed by atoms with Crippen molar-refractivity contribution < 1.29 is 37.0 Å². The highest BCUT2D eigenvalue weighted by atomic mass is 19.4. The Morgan fingerprint density at radius 1 is 0.857 bits per heavy atom. The van der Waals surface area contributed by atoms with E-state index in [1.165, 1.54) is 42.6 Å². The minimum Gasteiger partial charge on any atom is -0.457 e. The molecule has 1 heterocycles. The highest BCUT2D eigenvalue weighted by Crippen LogP contribution is 2.25. The first-order valence-corrected chi connectivity index (χ1v) is 9.82. The number of nitrogens with two attached hydrogens (primary N) is 1. The highest BCUT2D eigenvalue weighted by molar-refractivity contribution is 6.08. The van der Waals surface area contributed by atoms with E-state index >= 15 is 0 Å². The molecule has 0 saturated carbocycles. The van der Waals surface area contributed by atoms with E-state index in [-0.39, 0.29) is 11.4 Å². The van der Waals surface area contributed by atoms with Crippen molar-refractivity contribution in [2.45, 2.75) is 12.8 Å². The predicted octanol–water partition coefficient (Wildman–Crippen LogP) is 3.34. The van der Waals surface area contributed by atoms with Gasteiger partial charge in [-0.05, 0) is 42.5 Å². The number of carbonyl (C=O) groups is 3. The quantitative estimate of drug-likeness (QED) is 0.164. The predicted molar refractivity (Wildman–Crippen MR) is 117 cm³/mol. The molecular formula is C22H18F3N5O5. The lowest BCUT2D eigenvalue weighted by Gasteiger charge is -2.11. The van der Waals surface area contributed by atoms with Gasteiger partial charge < -0.3 is 20.1 Å². The van der Waals surface area contributed by atoms with Gasteiger partial charge in [0.25, 0.3) is 5.91 Å². The summed E-state index contributed by atoms with van der Waals surface area (Å²) in [6.07, 6.45) is -4.07. The summed E-state index contributed by atoms with van der Waals surface area (Å²) in [6, 6.07) is 13.7. The zero-order valence-corrected chi connectivity index (χ0v) is 17.8. The van der Waals surface area contributed by atoms with Crippen LogP contribution in [0.15, 0.2) is 66.9 Å². The van der Waals surface area contributed by atoms with Gasteiger partial charge in [-0.3, -0.25) is 24.8 Å². The first kappa shape index (κ1) is 25.0. The molecule has 10 nitrogen and oxygen atoms in total. The van der Waals surface area contributed by atoms with Crippen molar-refractivity contribution in [2.24, 2.45) is 5.84 Å². The summed E-state index contributed by atoms with van der Waals surface area (Å²) in [6.45, 7) is 0. The summed E-state index contributed by atoms with van der Waals surface area (Å²) < 4.78 is 46.4. The van der Waals surface area contributed by atoms with Crippen LogP contribution in [0.25, 0.3) is 0 Å². The SMILES string of the molecule is NNC(=O)c1cc(Oc2ccc(NC(=O)CC(=O)Nc3cccc(OC(F)(F)F)c3)cc2)ccn1. The number of ether oxygens (including phenoxy) is 2. The van der Waals surface area contributed by atoms with Crippen molar-refractivity contribution in [2.75, 3.05) is 10.6 Å². The number of nitrogens with one attached hydrogen (secondary N) is 3. The topological polar surface area (TPSA) is 145 Å². The molecule has 0 aliphatic carbocycles. The molecule has 5 N–H and O–H groups in total. The molecule has 3 aromatic rings. The molecule has 3 amide bonds. The molecule has 0 atom stereocenters. The van der Waals surface area contributed by atoms with Gasteiger partial charge in [-0.1, -0.05) is 6.07 Å². The Balaban J connectivity index is 1.52. The van der Waals surface area contributed by atoms with Crippen LogP contribution >= 0.6 is 0 Å². The number of halogens is 3. The lowest BCUT2D eigenvalue weighted by atomic mass is 10.2. The average Bonchev–Trinajstić information content (AvgIpc) is 2.79. The third-order valence-corrected chi connectivity index (χ3v) is 4.14. The summed E-state index contributed by atoms with van der Waals surface area (Å²) in [5, 5.41) is 4.85. The van der Waals surface area contributed by atoms with Gasteiger partial charge in [0.05, 0.1) is 0 Å². The van der Waals surface area contributed by atoms with Crippen LogP contribution in [-0.2, 0) is 9.59 Å². The van der Waals surface area contributed by atoms with Crippen LogP contribution in [0.5, 0.6) is 17.2 Å². The molecule has 0 saturated heterocycles. The second-order valence-corrected chi connectivity index (χ2v) is 6.83. The molecule has 1 aromatic heterocycles. The summed E-state index contributed by atoms with van der Waals surface area (Å²) in [4.78, 5) is 39.6. The van der Waals surface area contributed by atoms with Crippen molar-refractivity contribution in [3.63, 3.8) is 0 Å². The lowest BCUT2D eigenvalue weighted by Crippen LogP contribution is -2.30. The molecule has 2 aromatic carbocycles. The molecule has 0 fully saturated rings. The molecule has 0 radical (unpaired) electrons. The fourth-order valence-electron chi connectivity index (χ4n) is 2.74.